The highest BCUT2D eigenvalue weighted by molar-refractivity contribution is 7.58. The first kappa shape index (κ1) is 18.0. The van der Waals surface area contributed by atoms with E-state index in [1.54, 1.807) is 19.1 Å². The molecule has 128 valence electrons. The van der Waals surface area contributed by atoms with Crippen LogP contribution in [-0.4, -0.2) is 23.8 Å². The SMILES string of the molecule is CC(C)[P@](=O)(N[C@H](C)C(=O)OC1CCCC1)Oc1ccccc1. The van der Waals surface area contributed by atoms with E-state index in [0.29, 0.717) is 5.75 Å². The Bertz CT molecular complexity index is 555. The van der Waals surface area contributed by atoms with E-state index >= 15 is 0 Å². The fraction of sp³-hybridized carbons (Fsp3) is 0.588. The first-order chi connectivity index (χ1) is 10.9. The minimum absolute atomic E-state index is 0.000210. The molecule has 2 rings (SSSR count). The third-order valence-corrected chi connectivity index (χ3v) is 6.57. The molecule has 0 bridgehead atoms. The van der Waals surface area contributed by atoms with E-state index < -0.39 is 13.6 Å². The topological polar surface area (TPSA) is 64.6 Å². The van der Waals surface area contributed by atoms with Gasteiger partial charge in [-0.3, -0.25) is 9.36 Å². The van der Waals surface area contributed by atoms with E-state index in [4.69, 9.17) is 9.26 Å². The lowest BCUT2D eigenvalue weighted by molar-refractivity contribution is -0.150. The van der Waals surface area contributed by atoms with Crippen molar-refractivity contribution in [3.05, 3.63) is 30.3 Å². The van der Waals surface area contributed by atoms with Gasteiger partial charge in [-0.25, -0.2) is 5.09 Å². The molecular weight excluding hydrogens is 313 g/mol. The number of ether oxygens (including phenoxy) is 1. The van der Waals surface area contributed by atoms with Crippen molar-refractivity contribution in [2.45, 2.75) is 64.3 Å². The highest BCUT2D eigenvalue weighted by Gasteiger charge is 2.34. The van der Waals surface area contributed by atoms with E-state index in [9.17, 15) is 9.36 Å². The van der Waals surface area contributed by atoms with Crippen LogP contribution in [0.5, 0.6) is 5.75 Å². The number of para-hydroxylation sites is 1. The smallest absolute Gasteiger partial charge is 0.323 e. The van der Waals surface area contributed by atoms with Gasteiger partial charge in [0.1, 0.15) is 17.9 Å². The van der Waals surface area contributed by atoms with Crippen LogP contribution in [0.2, 0.25) is 0 Å². The van der Waals surface area contributed by atoms with Crippen LogP contribution in [0.25, 0.3) is 0 Å². The molecule has 1 aliphatic carbocycles. The fourth-order valence-corrected chi connectivity index (χ4v) is 4.16. The molecule has 6 heteroatoms. The second-order valence-corrected chi connectivity index (χ2v) is 8.96. The lowest BCUT2D eigenvalue weighted by Crippen LogP contribution is -2.37. The molecule has 0 spiro atoms. The minimum atomic E-state index is -3.22. The predicted molar refractivity (Wildman–Crippen MR) is 90.8 cm³/mol. The molecule has 1 saturated carbocycles. The maximum atomic E-state index is 13.1. The van der Waals surface area contributed by atoms with Gasteiger partial charge in [0.25, 0.3) is 0 Å². The summed E-state index contributed by atoms with van der Waals surface area (Å²) in [5.41, 5.74) is -0.260. The largest absolute Gasteiger partial charge is 0.461 e. The van der Waals surface area contributed by atoms with Crippen LogP contribution >= 0.6 is 7.52 Å². The van der Waals surface area contributed by atoms with Crippen molar-refractivity contribution in [1.82, 2.24) is 5.09 Å². The minimum Gasteiger partial charge on any atom is -0.461 e. The van der Waals surface area contributed by atoms with Gasteiger partial charge < -0.3 is 9.26 Å². The van der Waals surface area contributed by atoms with Crippen LogP contribution in [0.4, 0.5) is 0 Å². The van der Waals surface area contributed by atoms with E-state index in [0.717, 1.165) is 25.7 Å². The monoisotopic (exact) mass is 339 g/mol. The third kappa shape index (κ3) is 5.08. The molecule has 1 aliphatic rings. The second kappa shape index (κ2) is 7.98. The molecule has 0 radical (unpaired) electrons. The van der Waals surface area contributed by atoms with Crippen LogP contribution in [0.1, 0.15) is 46.5 Å². The molecule has 0 saturated heterocycles. The van der Waals surface area contributed by atoms with E-state index in [2.05, 4.69) is 5.09 Å². The number of benzene rings is 1. The van der Waals surface area contributed by atoms with Crippen molar-refractivity contribution in [3.63, 3.8) is 0 Å². The van der Waals surface area contributed by atoms with Crippen molar-refractivity contribution < 1.29 is 18.6 Å². The van der Waals surface area contributed by atoms with Gasteiger partial charge in [-0.15, -0.1) is 0 Å². The Balaban J connectivity index is 1.99. The van der Waals surface area contributed by atoms with Gasteiger partial charge in [-0.2, -0.15) is 0 Å². The van der Waals surface area contributed by atoms with Crippen molar-refractivity contribution in [1.29, 1.82) is 0 Å². The van der Waals surface area contributed by atoms with Gasteiger partial charge in [-0.1, -0.05) is 32.0 Å². The normalized spacial score (nSPS) is 19.3. The highest BCUT2D eigenvalue weighted by Crippen LogP contribution is 2.48. The zero-order valence-electron chi connectivity index (χ0n) is 14.0. The summed E-state index contributed by atoms with van der Waals surface area (Å²) in [7, 11) is -3.22. The fourth-order valence-electron chi connectivity index (χ4n) is 2.51. The molecule has 2 atom stereocenters. The van der Waals surface area contributed by atoms with Gasteiger partial charge in [0.15, 0.2) is 0 Å². The van der Waals surface area contributed by atoms with Gasteiger partial charge in [0.2, 0.25) is 0 Å². The van der Waals surface area contributed by atoms with Gasteiger partial charge >= 0.3 is 13.5 Å². The molecule has 0 heterocycles. The summed E-state index contributed by atoms with van der Waals surface area (Å²) in [6.07, 6.45) is 4.03. The molecular formula is C17H26NO4P. The Morgan fingerprint density at radius 1 is 1.17 bits per heavy atom. The summed E-state index contributed by atoms with van der Waals surface area (Å²) in [4.78, 5) is 12.2. The number of rotatable bonds is 7. The summed E-state index contributed by atoms with van der Waals surface area (Å²) in [5, 5.41) is 2.87. The molecule has 1 N–H and O–H groups in total. The average molecular weight is 339 g/mol. The van der Waals surface area contributed by atoms with Crippen molar-refractivity contribution in [2.75, 3.05) is 0 Å². The summed E-state index contributed by atoms with van der Waals surface area (Å²) < 4.78 is 24.3. The zero-order chi connectivity index (χ0) is 16.9. The highest BCUT2D eigenvalue weighted by atomic mass is 31.2. The summed E-state index contributed by atoms with van der Waals surface area (Å²) in [6, 6.07) is 8.32. The quantitative estimate of drug-likeness (QED) is 0.598. The number of carbonyl (C=O) groups excluding carboxylic acids is 1. The summed E-state index contributed by atoms with van der Waals surface area (Å²) in [5.74, 6) is 0.155. The average Bonchev–Trinajstić information content (AvgIpc) is 3.00. The molecule has 0 amide bonds. The number of hydrogen-bond donors (Lipinski definition) is 1. The first-order valence-electron chi connectivity index (χ1n) is 8.23. The molecule has 0 unspecified atom stereocenters. The number of nitrogens with one attached hydrogen (secondary N) is 1. The second-order valence-electron chi connectivity index (χ2n) is 6.29. The summed E-state index contributed by atoms with van der Waals surface area (Å²) in [6.45, 7) is 5.29. The lowest BCUT2D eigenvalue weighted by atomic mass is 10.3. The standard InChI is InChI=1S/C17H26NO4P/c1-13(2)23(20,22-16-11-5-4-6-12-16)18-14(3)17(19)21-15-9-7-8-10-15/h4-6,11-15H,7-10H2,1-3H3,(H,18,20)/t14-,23-/m1/s1. The maximum Gasteiger partial charge on any atom is 0.323 e. The van der Waals surface area contributed by atoms with Crippen LogP contribution < -0.4 is 9.61 Å². The van der Waals surface area contributed by atoms with Crippen molar-refractivity contribution in [3.8, 4) is 5.75 Å². The Morgan fingerprint density at radius 3 is 2.35 bits per heavy atom. The zero-order valence-corrected chi connectivity index (χ0v) is 14.9. The van der Waals surface area contributed by atoms with Crippen molar-refractivity contribution in [2.24, 2.45) is 0 Å². The number of hydrogen-bond acceptors (Lipinski definition) is 4. The number of esters is 1. The Hall–Kier alpha value is -1.32. The van der Waals surface area contributed by atoms with Crippen LogP contribution in [0.3, 0.4) is 0 Å². The molecule has 5 nitrogen and oxygen atoms in total. The molecule has 1 fully saturated rings. The Kier molecular flexibility index (Phi) is 6.25. The molecule has 23 heavy (non-hydrogen) atoms. The third-order valence-electron chi connectivity index (χ3n) is 3.98. The maximum absolute atomic E-state index is 13.1. The van der Waals surface area contributed by atoms with Gasteiger partial charge in [0, 0.05) is 0 Å². The van der Waals surface area contributed by atoms with Crippen molar-refractivity contribution >= 4 is 13.5 Å². The van der Waals surface area contributed by atoms with Crippen LogP contribution in [-0.2, 0) is 14.1 Å². The van der Waals surface area contributed by atoms with E-state index in [1.165, 1.54) is 0 Å². The van der Waals surface area contributed by atoms with Crippen LogP contribution in [0.15, 0.2) is 30.3 Å². The molecule has 0 aromatic heterocycles. The van der Waals surface area contributed by atoms with Crippen LogP contribution in [0, 0.1) is 0 Å². The predicted octanol–water partition coefficient (Wildman–Crippen LogP) is 4.13. The lowest BCUT2D eigenvalue weighted by Gasteiger charge is -2.26. The van der Waals surface area contributed by atoms with Gasteiger partial charge in [-0.05, 0) is 44.7 Å². The molecule has 0 aliphatic heterocycles. The summed E-state index contributed by atoms with van der Waals surface area (Å²) >= 11 is 0. The molecule has 1 aromatic rings. The number of carbonyl (C=O) groups is 1. The Morgan fingerprint density at radius 2 is 1.78 bits per heavy atom. The van der Waals surface area contributed by atoms with E-state index in [-0.39, 0.29) is 17.7 Å². The molecule has 1 aromatic carbocycles. The van der Waals surface area contributed by atoms with Gasteiger partial charge in [0.05, 0.1) is 5.66 Å². The van der Waals surface area contributed by atoms with E-state index in [1.807, 2.05) is 32.0 Å². The Labute approximate surface area is 138 Å². The first-order valence-corrected chi connectivity index (χ1v) is 9.93.